The molecule has 0 heterocycles. The number of halogens is 2. The van der Waals surface area contributed by atoms with Gasteiger partial charge in [0.2, 0.25) is 5.91 Å². The van der Waals surface area contributed by atoms with E-state index in [1.807, 2.05) is 0 Å². The van der Waals surface area contributed by atoms with Gasteiger partial charge in [0.1, 0.15) is 17.4 Å². The van der Waals surface area contributed by atoms with Crippen molar-refractivity contribution in [3.8, 4) is 5.75 Å². The topological polar surface area (TPSA) is 67.4 Å². The molecular formula is C17H16F2N2O3. The number of hydrogen-bond donors (Lipinski definition) is 2. The van der Waals surface area contributed by atoms with E-state index < -0.39 is 35.1 Å². The molecule has 1 unspecified atom stereocenters. The lowest BCUT2D eigenvalue weighted by Crippen LogP contribution is -2.39. The smallest absolute Gasteiger partial charge is 0.259 e. The van der Waals surface area contributed by atoms with Crippen LogP contribution in [0.2, 0.25) is 0 Å². The highest BCUT2D eigenvalue weighted by Gasteiger charge is 2.27. The number of carbonyl (C=O) groups is 2. The fraction of sp³-hybridized carbons (Fsp3) is 0.176. The zero-order valence-electron chi connectivity index (χ0n) is 13.1. The molecule has 1 atom stereocenters. The van der Waals surface area contributed by atoms with Crippen molar-refractivity contribution in [1.29, 1.82) is 0 Å². The SMILES string of the molecule is CNC(=O)C(NC(=O)c1c(OC)ccc(F)c1F)c1ccccc1. The first kappa shape index (κ1) is 17.4. The Morgan fingerprint density at radius 1 is 1.08 bits per heavy atom. The van der Waals surface area contributed by atoms with Crippen molar-refractivity contribution in [3.63, 3.8) is 0 Å². The van der Waals surface area contributed by atoms with Crippen LogP contribution >= 0.6 is 0 Å². The molecule has 0 fully saturated rings. The van der Waals surface area contributed by atoms with Crippen molar-refractivity contribution in [2.75, 3.05) is 14.2 Å². The molecule has 5 nitrogen and oxygen atoms in total. The van der Waals surface area contributed by atoms with E-state index >= 15 is 0 Å². The summed E-state index contributed by atoms with van der Waals surface area (Å²) in [7, 11) is 2.64. The first-order valence-corrected chi connectivity index (χ1v) is 7.09. The number of hydrogen-bond acceptors (Lipinski definition) is 3. The van der Waals surface area contributed by atoms with E-state index in [9.17, 15) is 18.4 Å². The molecule has 126 valence electrons. The van der Waals surface area contributed by atoms with Gasteiger partial charge in [-0.05, 0) is 17.7 Å². The summed E-state index contributed by atoms with van der Waals surface area (Å²) in [6.07, 6.45) is 0. The van der Waals surface area contributed by atoms with Gasteiger partial charge in [-0.3, -0.25) is 9.59 Å². The fourth-order valence-corrected chi connectivity index (χ4v) is 2.21. The summed E-state index contributed by atoms with van der Waals surface area (Å²) in [5.74, 6) is -4.10. The minimum atomic E-state index is -1.34. The number of amides is 2. The van der Waals surface area contributed by atoms with Gasteiger partial charge in [0.15, 0.2) is 11.6 Å². The Morgan fingerprint density at radius 3 is 2.33 bits per heavy atom. The minimum Gasteiger partial charge on any atom is -0.496 e. The van der Waals surface area contributed by atoms with Gasteiger partial charge in [-0.1, -0.05) is 30.3 Å². The van der Waals surface area contributed by atoms with Crippen LogP contribution in [0.5, 0.6) is 5.75 Å². The van der Waals surface area contributed by atoms with Gasteiger partial charge in [-0.2, -0.15) is 0 Å². The lowest BCUT2D eigenvalue weighted by atomic mass is 10.0. The Balaban J connectivity index is 2.39. The van der Waals surface area contributed by atoms with E-state index in [0.29, 0.717) is 5.56 Å². The first-order chi connectivity index (χ1) is 11.5. The molecule has 0 radical (unpaired) electrons. The van der Waals surface area contributed by atoms with Crippen molar-refractivity contribution in [2.45, 2.75) is 6.04 Å². The van der Waals surface area contributed by atoms with E-state index in [2.05, 4.69) is 10.6 Å². The number of nitrogens with one attached hydrogen (secondary N) is 2. The van der Waals surface area contributed by atoms with Crippen molar-refractivity contribution in [1.82, 2.24) is 10.6 Å². The molecule has 0 bridgehead atoms. The summed E-state index contributed by atoms with van der Waals surface area (Å²) >= 11 is 0. The Labute approximate surface area is 137 Å². The number of carbonyl (C=O) groups excluding carboxylic acids is 2. The quantitative estimate of drug-likeness (QED) is 0.881. The van der Waals surface area contributed by atoms with E-state index in [0.717, 1.165) is 12.1 Å². The maximum Gasteiger partial charge on any atom is 0.259 e. The number of ether oxygens (including phenoxy) is 1. The van der Waals surface area contributed by atoms with Gasteiger partial charge >= 0.3 is 0 Å². The molecule has 2 aromatic rings. The van der Waals surface area contributed by atoms with E-state index in [1.54, 1.807) is 30.3 Å². The van der Waals surface area contributed by atoms with Crippen molar-refractivity contribution < 1.29 is 23.1 Å². The molecule has 0 saturated carbocycles. The lowest BCUT2D eigenvalue weighted by Gasteiger charge is -2.19. The molecule has 2 rings (SSSR count). The van der Waals surface area contributed by atoms with Crippen LogP contribution in [0.15, 0.2) is 42.5 Å². The predicted octanol–water partition coefficient (Wildman–Crippen LogP) is 2.19. The van der Waals surface area contributed by atoms with E-state index in [1.165, 1.54) is 14.2 Å². The summed E-state index contributed by atoms with van der Waals surface area (Å²) in [6.45, 7) is 0. The summed E-state index contributed by atoms with van der Waals surface area (Å²) in [5.41, 5.74) is -0.0942. The normalized spacial score (nSPS) is 11.5. The second-order valence-corrected chi connectivity index (χ2v) is 4.87. The Morgan fingerprint density at radius 2 is 1.75 bits per heavy atom. The zero-order valence-corrected chi connectivity index (χ0v) is 13.1. The maximum absolute atomic E-state index is 14.0. The third-order valence-corrected chi connectivity index (χ3v) is 3.42. The summed E-state index contributed by atoms with van der Waals surface area (Å²) in [5, 5.41) is 4.83. The van der Waals surface area contributed by atoms with Crippen molar-refractivity contribution >= 4 is 11.8 Å². The average Bonchev–Trinajstić information content (AvgIpc) is 2.61. The van der Waals surface area contributed by atoms with E-state index in [4.69, 9.17) is 4.74 Å². The number of likely N-dealkylation sites (N-methyl/N-ethyl adjacent to an activating group) is 1. The van der Waals surface area contributed by atoms with Crippen LogP contribution in [0, 0.1) is 11.6 Å². The third-order valence-electron chi connectivity index (χ3n) is 3.42. The molecule has 0 aliphatic rings. The van der Waals surface area contributed by atoms with Crippen LogP contribution in [0.25, 0.3) is 0 Å². The summed E-state index contributed by atoms with van der Waals surface area (Å²) < 4.78 is 32.4. The molecule has 2 amide bonds. The van der Waals surface area contributed by atoms with Gasteiger partial charge in [0, 0.05) is 7.05 Å². The lowest BCUT2D eigenvalue weighted by molar-refractivity contribution is -0.122. The standard InChI is InChI=1S/C17H16F2N2O3/c1-20-17(23)15(10-6-4-3-5-7-10)21-16(22)13-12(24-2)9-8-11(18)14(13)19/h3-9,15H,1-2H3,(H,20,23)(H,21,22). The number of benzene rings is 2. The summed E-state index contributed by atoms with van der Waals surface area (Å²) in [6, 6.07) is 9.36. The maximum atomic E-state index is 14.0. The highest BCUT2D eigenvalue weighted by atomic mass is 19.2. The number of methoxy groups -OCH3 is 1. The highest BCUT2D eigenvalue weighted by molar-refractivity contribution is 6.00. The van der Waals surface area contributed by atoms with Crippen LogP contribution in [0.3, 0.4) is 0 Å². The second-order valence-electron chi connectivity index (χ2n) is 4.87. The first-order valence-electron chi connectivity index (χ1n) is 7.09. The minimum absolute atomic E-state index is 0.130. The molecule has 0 aliphatic heterocycles. The fourth-order valence-electron chi connectivity index (χ4n) is 2.21. The van der Waals surface area contributed by atoms with Crippen molar-refractivity contribution in [3.05, 3.63) is 65.2 Å². The van der Waals surface area contributed by atoms with Gasteiger partial charge < -0.3 is 15.4 Å². The molecule has 24 heavy (non-hydrogen) atoms. The highest BCUT2D eigenvalue weighted by Crippen LogP contribution is 2.24. The monoisotopic (exact) mass is 334 g/mol. The van der Waals surface area contributed by atoms with Crippen LogP contribution in [0.4, 0.5) is 8.78 Å². The van der Waals surface area contributed by atoms with Gasteiger partial charge in [0.05, 0.1) is 7.11 Å². The molecule has 2 N–H and O–H groups in total. The zero-order chi connectivity index (χ0) is 17.7. The van der Waals surface area contributed by atoms with Crippen LogP contribution < -0.4 is 15.4 Å². The molecular weight excluding hydrogens is 318 g/mol. The van der Waals surface area contributed by atoms with Gasteiger partial charge in [0.25, 0.3) is 5.91 Å². The third kappa shape index (κ3) is 3.51. The molecule has 2 aromatic carbocycles. The van der Waals surface area contributed by atoms with Gasteiger partial charge in [-0.15, -0.1) is 0 Å². The predicted molar refractivity (Wildman–Crippen MR) is 83.6 cm³/mol. The Kier molecular flexibility index (Phi) is 5.47. The second kappa shape index (κ2) is 7.54. The van der Waals surface area contributed by atoms with Crippen LogP contribution in [0.1, 0.15) is 22.0 Å². The molecule has 0 aromatic heterocycles. The van der Waals surface area contributed by atoms with E-state index in [-0.39, 0.29) is 5.75 Å². The molecule has 0 spiro atoms. The Hall–Kier alpha value is -2.96. The average molecular weight is 334 g/mol. The van der Waals surface area contributed by atoms with Crippen LogP contribution in [-0.2, 0) is 4.79 Å². The summed E-state index contributed by atoms with van der Waals surface area (Å²) in [4.78, 5) is 24.5. The van der Waals surface area contributed by atoms with Crippen LogP contribution in [-0.4, -0.2) is 26.0 Å². The number of rotatable bonds is 5. The molecule has 7 heteroatoms. The molecule has 0 saturated heterocycles. The molecule has 0 aliphatic carbocycles. The Bertz CT molecular complexity index is 751. The van der Waals surface area contributed by atoms with Gasteiger partial charge in [-0.25, -0.2) is 8.78 Å². The largest absolute Gasteiger partial charge is 0.496 e. The van der Waals surface area contributed by atoms with Crippen molar-refractivity contribution in [2.24, 2.45) is 0 Å².